The molecule has 4 rings (SSSR count). The smallest absolute Gasteiger partial charge is 0.312 e. The van der Waals surface area contributed by atoms with Gasteiger partial charge in [0, 0.05) is 0 Å². The Kier molecular flexibility index (Phi) is 3.25. The van der Waals surface area contributed by atoms with Gasteiger partial charge in [0.1, 0.15) is 11.5 Å². The quantitative estimate of drug-likeness (QED) is 0.628. The van der Waals surface area contributed by atoms with Crippen molar-refractivity contribution in [1.82, 2.24) is 0 Å². The molecule has 0 aromatic heterocycles. The van der Waals surface area contributed by atoms with E-state index in [0.717, 1.165) is 0 Å². The van der Waals surface area contributed by atoms with Crippen LogP contribution in [-0.4, -0.2) is 36.7 Å². The molecule has 1 aromatic rings. The Balaban J connectivity index is 1.71. The van der Waals surface area contributed by atoms with Crippen molar-refractivity contribution in [2.45, 2.75) is 18.6 Å². The molecule has 23 heavy (non-hydrogen) atoms. The number of hydrogen-bond acceptors (Lipinski definition) is 4. The Morgan fingerprint density at radius 3 is 3.00 bits per heavy atom. The summed E-state index contributed by atoms with van der Waals surface area (Å²) < 4.78 is 11.2. The molecule has 2 saturated heterocycles. The number of para-hydroxylation sites is 1. The lowest BCUT2D eigenvalue weighted by Crippen LogP contribution is -2.40. The summed E-state index contributed by atoms with van der Waals surface area (Å²) in [5.41, 5.74) is -0.107. The average molecular weight is 334 g/mol. The van der Waals surface area contributed by atoms with Crippen molar-refractivity contribution in [3.8, 4) is 0 Å². The van der Waals surface area contributed by atoms with Crippen LogP contribution in [0, 0.1) is 11.8 Å². The zero-order chi connectivity index (χ0) is 16.2. The highest BCUT2D eigenvalue weighted by atomic mass is 35.5. The molecule has 0 aliphatic carbocycles. The van der Waals surface area contributed by atoms with Gasteiger partial charge in [0.25, 0.3) is 0 Å². The standard InChI is InChI=1S/C17H16ClNO4/c1-2-22-16(21)13-12-7-8-17(23-12)9-19(15(20)14(13)17)11-6-4-3-5-10(11)18/h3-8,12-14H,2,9H2,1H3/t12-,13?,14-,17?/m1/s1. The van der Waals surface area contributed by atoms with E-state index in [2.05, 4.69) is 0 Å². The molecule has 5 nitrogen and oxygen atoms in total. The van der Waals surface area contributed by atoms with Crippen LogP contribution in [-0.2, 0) is 19.1 Å². The zero-order valence-corrected chi connectivity index (χ0v) is 13.3. The third-order valence-electron chi connectivity index (χ3n) is 4.80. The van der Waals surface area contributed by atoms with Crippen LogP contribution in [0.3, 0.4) is 0 Å². The lowest BCUT2D eigenvalue weighted by atomic mass is 9.77. The van der Waals surface area contributed by atoms with E-state index in [0.29, 0.717) is 17.3 Å². The topological polar surface area (TPSA) is 55.8 Å². The monoisotopic (exact) mass is 333 g/mol. The molecule has 2 unspecified atom stereocenters. The van der Waals surface area contributed by atoms with Crippen LogP contribution in [0.2, 0.25) is 5.02 Å². The number of ether oxygens (including phenoxy) is 2. The first-order valence-electron chi connectivity index (χ1n) is 7.67. The maximum Gasteiger partial charge on any atom is 0.312 e. The third kappa shape index (κ3) is 1.96. The van der Waals surface area contributed by atoms with Crippen molar-refractivity contribution >= 4 is 29.2 Å². The van der Waals surface area contributed by atoms with Crippen LogP contribution in [0.25, 0.3) is 0 Å². The molecular weight excluding hydrogens is 318 g/mol. The molecule has 3 aliphatic heterocycles. The second-order valence-electron chi connectivity index (χ2n) is 6.03. The number of fused-ring (bicyclic) bond motifs is 1. The molecule has 3 heterocycles. The molecule has 0 radical (unpaired) electrons. The van der Waals surface area contributed by atoms with Crippen molar-refractivity contribution in [3.05, 3.63) is 41.4 Å². The van der Waals surface area contributed by atoms with Crippen LogP contribution in [0.5, 0.6) is 0 Å². The molecule has 1 aromatic carbocycles. The highest BCUT2D eigenvalue weighted by Gasteiger charge is 2.67. The molecule has 4 atom stereocenters. The van der Waals surface area contributed by atoms with E-state index in [1.165, 1.54) is 0 Å². The lowest BCUT2D eigenvalue weighted by Gasteiger charge is -2.22. The predicted octanol–water partition coefficient (Wildman–Crippen LogP) is 2.19. The fourth-order valence-electron chi connectivity index (χ4n) is 3.88. The molecular formula is C17H16ClNO4. The number of nitrogens with zero attached hydrogens (tertiary/aromatic N) is 1. The SMILES string of the molecule is CCOC(=O)C1[C@H]2C=CC3(CN(c4ccccc4Cl)C(=O)[C@@H]13)O2. The van der Waals surface area contributed by atoms with E-state index in [9.17, 15) is 9.59 Å². The number of benzene rings is 1. The summed E-state index contributed by atoms with van der Waals surface area (Å²) in [6, 6.07) is 7.19. The zero-order valence-electron chi connectivity index (χ0n) is 12.6. The van der Waals surface area contributed by atoms with Gasteiger partial charge in [0.15, 0.2) is 0 Å². The fraction of sp³-hybridized carbons (Fsp3) is 0.412. The summed E-state index contributed by atoms with van der Waals surface area (Å²) in [6.45, 7) is 2.40. The van der Waals surface area contributed by atoms with E-state index >= 15 is 0 Å². The summed E-state index contributed by atoms with van der Waals surface area (Å²) in [7, 11) is 0. The van der Waals surface area contributed by atoms with Crippen molar-refractivity contribution < 1.29 is 19.1 Å². The minimum Gasteiger partial charge on any atom is -0.466 e. The Morgan fingerprint density at radius 2 is 2.26 bits per heavy atom. The second kappa shape index (κ2) is 5.08. The molecule has 1 amide bonds. The van der Waals surface area contributed by atoms with E-state index in [1.807, 2.05) is 24.3 Å². The van der Waals surface area contributed by atoms with Crippen LogP contribution in [0.1, 0.15) is 6.92 Å². The van der Waals surface area contributed by atoms with Gasteiger partial charge in [-0.1, -0.05) is 35.9 Å². The van der Waals surface area contributed by atoms with E-state index in [4.69, 9.17) is 21.1 Å². The molecule has 1 spiro atoms. The minimum atomic E-state index is -0.752. The van der Waals surface area contributed by atoms with Gasteiger partial charge >= 0.3 is 5.97 Å². The molecule has 6 heteroatoms. The molecule has 120 valence electrons. The van der Waals surface area contributed by atoms with Gasteiger partial charge in [0.2, 0.25) is 5.91 Å². The number of rotatable bonds is 3. The number of amides is 1. The summed E-state index contributed by atoms with van der Waals surface area (Å²) in [4.78, 5) is 26.9. The van der Waals surface area contributed by atoms with E-state index in [1.54, 1.807) is 24.0 Å². The summed E-state index contributed by atoms with van der Waals surface area (Å²) in [6.07, 6.45) is 3.39. The van der Waals surface area contributed by atoms with Gasteiger partial charge in [-0.05, 0) is 19.1 Å². The van der Waals surface area contributed by atoms with Crippen LogP contribution in [0.4, 0.5) is 5.69 Å². The van der Waals surface area contributed by atoms with Crippen molar-refractivity contribution in [1.29, 1.82) is 0 Å². The fourth-order valence-corrected chi connectivity index (χ4v) is 4.12. The largest absolute Gasteiger partial charge is 0.466 e. The predicted molar refractivity (Wildman–Crippen MR) is 84.2 cm³/mol. The Bertz CT molecular complexity index is 718. The molecule has 2 fully saturated rings. The number of esters is 1. The van der Waals surface area contributed by atoms with E-state index < -0.39 is 17.4 Å². The first-order valence-corrected chi connectivity index (χ1v) is 8.05. The summed E-state index contributed by atoms with van der Waals surface area (Å²) in [5, 5.41) is 0.503. The summed E-state index contributed by atoms with van der Waals surface area (Å²) >= 11 is 6.23. The van der Waals surface area contributed by atoms with Crippen LogP contribution in [0.15, 0.2) is 36.4 Å². The normalized spacial score (nSPS) is 34.1. The Labute approximate surface area is 138 Å². The number of anilines is 1. The van der Waals surface area contributed by atoms with Crippen LogP contribution < -0.4 is 4.90 Å². The number of carbonyl (C=O) groups is 2. The van der Waals surface area contributed by atoms with Crippen molar-refractivity contribution in [2.75, 3.05) is 18.1 Å². The third-order valence-corrected chi connectivity index (χ3v) is 5.12. The molecule has 2 bridgehead atoms. The van der Waals surface area contributed by atoms with Gasteiger partial charge in [-0.3, -0.25) is 9.59 Å². The number of carbonyl (C=O) groups excluding carboxylic acids is 2. The van der Waals surface area contributed by atoms with Gasteiger partial charge in [-0.15, -0.1) is 0 Å². The molecule has 3 aliphatic rings. The van der Waals surface area contributed by atoms with Crippen molar-refractivity contribution in [3.63, 3.8) is 0 Å². The highest BCUT2D eigenvalue weighted by molar-refractivity contribution is 6.34. The van der Waals surface area contributed by atoms with Gasteiger partial charge in [-0.2, -0.15) is 0 Å². The maximum absolute atomic E-state index is 13.0. The molecule has 0 saturated carbocycles. The second-order valence-corrected chi connectivity index (χ2v) is 6.44. The number of hydrogen-bond donors (Lipinski definition) is 0. The first-order chi connectivity index (χ1) is 11.1. The van der Waals surface area contributed by atoms with E-state index in [-0.39, 0.29) is 24.6 Å². The van der Waals surface area contributed by atoms with Gasteiger partial charge in [-0.25, -0.2) is 0 Å². The maximum atomic E-state index is 13.0. The Hall–Kier alpha value is -1.85. The number of halogens is 1. The average Bonchev–Trinajstić information content (AvgIpc) is 3.16. The first kappa shape index (κ1) is 14.7. The van der Waals surface area contributed by atoms with Gasteiger partial charge in [0.05, 0.1) is 35.9 Å². The summed E-state index contributed by atoms with van der Waals surface area (Å²) in [5.74, 6) is -1.64. The van der Waals surface area contributed by atoms with Gasteiger partial charge < -0.3 is 14.4 Å². The van der Waals surface area contributed by atoms with Crippen LogP contribution >= 0.6 is 11.6 Å². The van der Waals surface area contributed by atoms with Crippen molar-refractivity contribution in [2.24, 2.45) is 11.8 Å². The minimum absolute atomic E-state index is 0.136. The Morgan fingerprint density at radius 1 is 1.48 bits per heavy atom. The lowest BCUT2D eigenvalue weighted by molar-refractivity contribution is -0.151. The molecule has 0 N–H and O–H groups in total. The highest BCUT2D eigenvalue weighted by Crippen LogP contribution is 2.53.